The topological polar surface area (TPSA) is 81.1 Å². The molecule has 1 aliphatic rings. The molecule has 0 saturated heterocycles. The van der Waals surface area contributed by atoms with Gasteiger partial charge in [-0.3, -0.25) is 10.1 Å². The minimum absolute atomic E-state index is 0.0953. The number of benzene rings is 1. The Morgan fingerprint density at radius 2 is 2.21 bits per heavy atom. The Kier molecular flexibility index (Phi) is 4.80. The van der Waals surface area contributed by atoms with Crippen molar-refractivity contribution in [3.05, 3.63) is 41.5 Å². The molecule has 0 fully saturated rings. The highest BCUT2D eigenvalue weighted by Crippen LogP contribution is 2.27. The van der Waals surface area contributed by atoms with Crippen LogP contribution >= 0.6 is 0 Å². The van der Waals surface area contributed by atoms with E-state index in [2.05, 4.69) is 34.7 Å². The van der Waals surface area contributed by atoms with Gasteiger partial charge in [-0.05, 0) is 6.07 Å². The average molecular weight is 329 g/mol. The number of carbonyl (C=O) groups excluding carboxylic acids is 1. The summed E-state index contributed by atoms with van der Waals surface area (Å²) in [7, 11) is 1.92. The van der Waals surface area contributed by atoms with Crippen LogP contribution in [-0.4, -0.2) is 33.8 Å². The van der Waals surface area contributed by atoms with Crippen LogP contribution in [0.1, 0.15) is 43.0 Å². The minimum Gasteiger partial charge on any atom is -0.492 e. The first kappa shape index (κ1) is 16.4. The summed E-state index contributed by atoms with van der Waals surface area (Å²) in [4.78, 5) is 12.7. The molecule has 24 heavy (non-hydrogen) atoms. The highest BCUT2D eigenvalue weighted by Gasteiger charge is 2.25. The normalized spacial score (nSPS) is 17.1. The predicted octanol–water partition coefficient (Wildman–Crippen LogP) is 1.28. The number of nitrogens with one attached hydrogen (secondary N) is 2. The highest BCUT2D eigenvalue weighted by atomic mass is 16.5. The molecule has 1 aromatic carbocycles. The van der Waals surface area contributed by atoms with Crippen LogP contribution in [0.3, 0.4) is 0 Å². The van der Waals surface area contributed by atoms with Gasteiger partial charge >= 0.3 is 0 Å². The second-order valence-corrected chi connectivity index (χ2v) is 6.18. The molecule has 0 radical (unpaired) electrons. The molecule has 3 rings (SSSR count). The molecule has 1 amide bonds. The number of ether oxygens (including phenoxy) is 1. The first-order chi connectivity index (χ1) is 11.6. The maximum Gasteiger partial charge on any atom is 0.242 e. The summed E-state index contributed by atoms with van der Waals surface area (Å²) in [5.41, 5.74) is 0.855. The average Bonchev–Trinajstić information content (AvgIpc) is 2.80. The van der Waals surface area contributed by atoms with Gasteiger partial charge in [-0.1, -0.05) is 32.0 Å². The highest BCUT2D eigenvalue weighted by molar-refractivity contribution is 5.84. The van der Waals surface area contributed by atoms with Gasteiger partial charge in [0.05, 0.1) is 6.54 Å². The maximum atomic E-state index is 12.7. The third-order valence-corrected chi connectivity index (χ3v) is 4.14. The lowest BCUT2D eigenvalue weighted by atomic mass is 10.1. The number of hydrogen-bond acceptors (Lipinski definition) is 5. The monoisotopic (exact) mass is 329 g/mol. The molecule has 1 atom stereocenters. The van der Waals surface area contributed by atoms with Crippen molar-refractivity contribution in [2.45, 2.75) is 32.4 Å². The van der Waals surface area contributed by atoms with Crippen LogP contribution < -0.4 is 15.4 Å². The number of hydrogen-bond donors (Lipinski definition) is 2. The molecule has 7 nitrogen and oxygen atoms in total. The molecule has 1 aromatic heterocycles. The molecule has 7 heteroatoms. The van der Waals surface area contributed by atoms with E-state index < -0.39 is 6.04 Å². The van der Waals surface area contributed by atoms with E-state index >= 15 is 0 Å². The van der Waals surface area contributed by atoms with Crippen LogP contribution in [0, 0.1) is 0 Å². The van der Waals surface area contributed by atoms with Crippen molar-refractivity contribution < 1.29 is 9.53 Å². The van der Waals surface area contributed by atoms with Gasteiger partial charge in [0.1, 0.15) is 24.2 Å². The van der Waals surface area contributed by atoms with Crippen molar-refractivity contribution in [2.24, 2.45) is 7.05 Å². The molecule has 0 bridgehead atoms. The predicted molar refractivity (Wildman–Crippen MR) is 89.6 cm³/mol. The van der Waals surface area contributed by atoms with Crippen LogP contribution in [0.15, 0.2) is 24.3 Å². The van der Waals surface area contributed by atoms with E-state index in [0.717, 1.165) is 23.0 Å². The Labute approximate surface area is 141 Å². The second-order valence-electron chi connectivity index (χ2n) is 6.18. The van der Waals surface area contributed by atoms with E-state index in [4.69, 9.17) is 4.74 Å². The summed E-state index contributed by atoms with van der Waals surface area (Å²) in [6.07, 6.45) is 0. The largest absolute Gasteiger partial charge is 0.492 e. The Bertz CT molecular complexity index is 726. The molecule has 2 heterocycles. The third-order valence-electron chi connectivity index (χ3n) is 4.14. The van der Waals surface area contributed by atoms with Gasteiger partial charge in [0.2, 0.25) is 5.91 Å². The van der Waals surface area contributed by atoms with Gasteiger partial charge in [0.25, 0.3) is 0 Å². The van der Waals surface area contributed by atoms with Gasteiger partial charge in [-0.2, -0.15) is 0 Å². The first-order valence-electron chi connectivity index (χ1n) is 8.19. The number of fused-ring (bicyclic) bond motifs is 1. The number of rotatable bonds is 4. The Morgan fingerprint density at radius 1 is 1.42 bits per heavy atom. The Hall–Kier alpha value is -2.41. The van der Waals surface area contributed by atoms with Crippen molar-refractivity contribution in [3.8, 4) is 5.75 Å². The van der Waals surface area contributed by atoms with Gasteiger partial charge in [0.15, 0.2) is 5.82 Å². The molecule has 0 spiro atoms. The minimum atomic E-state index is -0.429. The van der Waals surface area contributed by atoms with Crippen LogP contribution in [-0.2, 0) is 18.4 Å². The molecule has 1 aliphatic heterocycles. The fraction of sp³-hybridized carbons (Fsp3) is 0.471. The standard InChI is InChI=1S/C17H23N5O2/c1-11(2)16-21-20-14(22(16)3)10-19-17(23)15-12-6-4-5-7-13(12)24-9-8-18-15/h4-7,11,15,18H,8-10H2,1-3H3,(H,19,23). The third kappa shape index (κ3) is 3.26. The smallest absolute Gasteiger partial charge is 0.242 e. The summed E-state index contributed by atoms with van der Waals surface area (Å²) >= 11 is 0. The first-order valence-corrected chi connectivity index (χ1v) is 8.19. The van der Waals surface area contributed by atoms with E-state index in [-0.39, 0.29) is 5.91 Å². The molecule has 2 aromatic rings. The number of amides is 1. The van der Waals surface area contributed by atoms with Crippen molar-refractivity contribution in [1.82, 2.24) is 25.4 Å². The Balaban J connectivity index is 1.71. The van der Waals surface area contributed by atoms with Crippen molar-refractivity contribution >= 4 is 5.91 Å². The van der Waals surface area contributed by atoms with Gasteiger partial charge < -0.3 is 14.6 Å². The lowest BCUT2D eigenvalue weighted by Crippen LogP contribution is -2.38. The van der Waals surface area contributed by atoms with Crippen LogP contribution in [0.25, 0.3) is 0 Å². The fourth-order valence-corrected chi connectivity index (χ4v) is 2.86. The van der Waals surface area contributed by atoms with E-state index in [9.17, 15) is 4.79 Å². The van der Waals surface area contributed by atoms with Gasteiger partial charge in [0, 0.05) is 25.1 Å². The molecule has 0 saturated carbocycles. The van der Waals surface area contributed by atoms with Crippen LogP contribution in [0.5, 0.6) is 5.75 Å². The van der Waals surface area contributed by atoms with Gasteiger partial charge in [-0.25, -0.2) is 0 Å². The van der Waals surface area contributed by atoms with E-state index in [1.807, 2.05) is 35.9 Å². The lowest BCUT2D eigenvalue weighted by Gasteiger charge is -2.17. The number of aromatic nitrogens is 3. The van der Waals surface area contributed by atoms with Crippen molar-refractivity contribution in [3.63, 3.8) is 0 Å². The van der Waals surface area contributed by atoms with E-state index in [1.54, 1.807) is 0 Å². The number of carbonyl (C=O) groups is 1. The van der Waals surface area contributed by atoms with Crippen molar-refractivity contribution in [1.29, 1.82) is 0 Å². The molecule has 128 valence electrons. The summed E-state index contributed by atoms with van der Waals surface area (Å²) in [5.74, 6) is 2.60. The molecular weight excluding hydrogens is 306 g/mol. The second kappa shape index (κ2) is 7.00. The molecule has 1 unspecified atom stereocenters. The Morgan fingerprint density at radius 3 is 2.96 bits per heavy atom. The summed E-state index contributed by atoms with van der Waals surface area (Å²) in [5, 5.41) is 14.5. The van der Waals surface area contributed by atoms with E-state index in [0.29, 0.717) is 25.6 Å². The van der Waals surface area contributed by atoms with Crippen molar-refractivity contribution in [2.75, 3.05) is 13.2 Å². The number of para-hydroxylation sites is 1. The zero-order valence-electron chi connectivity index (χ0n) is 14.2. The molecule has 0 aliphatic carbocycles. The van der Waals surface area contributed by atoms with Crippen LogP contribution in [0.2, 0.25) is 0 Å². The molecular formula is C17H23N5O2. The quantitative estimate of drug-likeness (QED) is 0.883. The van der Waals surface area contributed by atoms with Crippen LogP contribution in [0.4, 0.5) is 0 Å². The maximum absolute atomic E-state index is 12.7. The zero-order valence-corrected chi connectivity index (χ0v) is 14.2. The zero-order chi connectivity index (χ0) is 17.1. The van der Waals surface area contributed by atoms with Gasteiger partial charge in [-0.15, -0.1) is 10.2 Å². The summed E-state index contributed by atoms with van der Waals surface area (Å²) in [6.45, 7) is 5.64. The molecule has 2 N–H and O–H groups in total. The fourth-order valence-electron chi connectivity index (χ4n) is 2.86. The summed E-state index contributed by atoms with van der Waals surface area (Å²) in [6, 6.07) is 7.19. The van der Waals surface area contributed by atoms with E-state index in [1.165, 1.54) is 0 Å². The summed E-state index contributed by atoms with van der Waals surface area (Å²) < 4.78 is 7.60. The number of nitrogens with zero attached hydrogens (tertiary/aromatic N) is 3. The SMILES string of the molecule is CC(C)c1nnc(CNC(=O)C2NCCOc3ccccc32)n1C. The lowest BCUT2D eigenvalue weighted by molar-refractivity contribution is -0.123.